The monoisotopic (exact) mass is 423 g/mol. The molecule has 0 radical (unpaired) electrons. The number of hydrogen-bond donors (Lipinski definition) is 1. The van der Waals surface area contributed by atoms with Crippen molar-refractivity contribution in [1.82, 2.24) is 24.4 Å². The molecule has 8 heteroatoms. The minimum absolute atomic E-state index is 0.178. The summed E-state index contributed by atoms with van der Waals surface area (Å²) in [5, 5.41) is 0. The van der Waals surface area contributed by atoms with E-state index >= 15 is 0 Å². The van der Waals surface area contributed by atoms with Gasteiger partial charge in [0.15, 0.2) is 11.2 Å². The summed E-state index contributed by atoms with van der Waals surface area (Å²) < 4.78 is 13.6. The van der Waals surface area contributed by atoms with Crippen molar-refractivity contribution in [3.05, 3.63) is 52.3 Å². The maximum Gasteiger partial charge on any atom is 0.279 e. The number of aromatic amines is 1. The van der Waals surface area contributed by atoms with Crippen molar-refractivity contribution in [2.45, 2.75) is 38.1 Å². The lowest BCUT2D eigenvalue weighted by Gasteiger charge is -2.26. The van der Waals surface area contributed by atoms with Gasteiger partial charge in [0.1, 0.15) is 18.2 Å². The molecule has 2 aromatic heterocycles. The fourth-order valence-electron chi connectivity index (χ4n) is 4.59. The van der Waals surface area contributed by atoms with Gasteiger partial charge in [0.2, 0.25) is 0 Å². The molecule has 3 heterocycles. The number of nitrogens with one attached hydrogen (secondary N) is 1. The highest BCUT2D eigenvalue weighted by atomic mass is 16.5. The van der Waals surface area contributed by atoms with Gasteiger partial charge in [0.05, 0.1) is 19.5 Å². The molecule has 164 valence electrons. The number of benzene rings is 1. The summed E-state index contributed by atoms with van der Waals surface area (Å²) >= 11 is 0. The van der Waals surface area contributed by atoms with E-state index in [0.29, 0.717) is 36.1 Å². The zero-order chi connectivity index (χ0) is 21.0. The number of ether oxygens (including phenoxy) is 2. The molecule has 1 saturated carbocycles. The molecule has 1 aromatic carbocycles. The number of aromatic nitrogens is 4. The molecule has 5 rings (SSSR count). The summed E-state index contributed by atoms with van der Waals surface area (Å²) in [4.78, 5) is 27.0. The highest BCUT2D eigenvalue weighted by Crippen LogP contribution is 2.31. The van der Waals surface area contributed by atoms with E-state index in [4.69, 9.17) is 14.5 Å². The molecule has 1 aliphatic heterocycles. The van der Waals surface area contributed by atoms with Crippen LogP contribution in [-0.4, -0.2) is 63.9 Å². The van der Waals surface area contributed by atoms with Crippen molar-refractivity contribution in [3.63, 3.8) is 0 Å². The van der Waals surface area contributed by atoms with Crippen molar-refractivity contribution >= 4 is 11.2 Å². The Labute approximate surface area is 181 Å². The van der Waals surface area contributed by atoms with E-state index in [1.165, 1.54) is 12.8 Å². The van der Waals surface area contributed by atoms with Crippen LogP contribution in [-0.2, 0) is 11.2 Å². The first kappa shape index (κ1) is 20.2. The molecule has 2 fully saturated rings. The first-order chi connectivity index (χ1) is 15.3. The third kappa shape index (κ3) is 4.50. The molecule has 8 nitrogen and oxygen atoms in total. The van der Waals surface area contributed by atoms with E-state index in [9.17, 15) is 4.79 Å². The summed E-state index contributed by atoms with van der Waals surface area (Å²) in [5.41, 5.74) is 1.95. The number of imidazole rings is 1. The minimum Gasteiger partial charge on any atom is -0.492 e. The fraction of sp³-hybridized carbons (Fsp3) is 0.522. The topological polar surface area (TPSA) is 85.3 Å². The third-order valence-corrected chi connectivity index (χ3v) is 6.30. The van der Waals surface area contributed by atoms with E-state index in [1.54, 1.807) is 6.33 Å². The van der Waals surface area contributed by atoms with Gasteiger partial charge in [0, 0.05) is 37.7 Å². The summed E-state index contributed by atoms with van der Waals surface area (Å²) in [6.45, 7) is 4.97. The quantitative estimate of drug-likeness (QED) is 0.629. The van der Waals surface area contributed by atoms with Crippen LogP contribution in [0.4, 0.5) is 0 Å². The van der Waals surface area contributed by atoms with Crippen LogP contribution in [0.15, 0.2) is 35.4 Å². The lowest BCUT2D eigenvalue weighted by Crippen LogP contribution is -2.38. The highest BCUT2D eigenvalue weighted by molar-refractivity contribution is 5.69. The molecule has 2 aliphatic rings. The smallest absolute Gasteiger partial charge is 0.279 e. The second-order valence-electron chi connectivity index (χ2n) is 8.36. The van der Waals surface area contributed by atoms with Gasteiger partial charge < -0.3 is 19.0 Å². The zero-order valence-electron chi connectivity index (χ0n) is 17.8. The molecule has 0 amide bonds. The molecule has 0 atom stereocenters. The van der Waals surface area contributed by atoms with Crippen LogP contribution in [0.1, 0.15) is 43.1 Å². The van der Waals surface area contributed by atoms with Crippen LogP contribution >= 0.6 is 0 Å². The first-order valence-electron chi connectivity index (χ1n) is 11.2. The number of hydrogen-bond acceptors (Lipinski definition) is 6. The lowest BCUT2D eigenvalue weighted by molar-refractivity contribution is 0.0322. The zero-order valence-corrected chi connectivity index (χ0v) is 17.8. The second-order valence-corrected chi connectivity index (χ2v) is 8.36. The minimum atomic E-state index is -0.178. The SMILES string of the molecule is O=c1[nH]c(Cc2ccccc2OCCN2CCOCC2)nc2c1ncn2C1CCCC1. The standard InChI is InChI=1S/C23H29N5O3/c29-23-21-22(28(16-24-21)18-6-2-3-7-18)25-20(26-23)15-17-5-1-4-8-19(17)31-14-11-27-9-12-30-13-10-27/h1,4-5,8,16,18H,2-3,6-7,9-15H2,(H,25,26,29). The number of fused-ring (bicyclic) bond motifs is 1. The van der Waals surface area contributed by atoms with Gasteiger partial charge in [-0.25, -0.2) is 9.97 Å². The molecule has 1 aliphatic carbocycles. The summed E-state index contributed by atoms with van der Waals surface area (Å²) in [6, 6.07) is 8.37. The van der Waals surface area contributed by atoms with E-state index in [0.717, 1.165) is 57.0 Å². The van der Waals surface area contributed by atoms with Crippen molar-refractivity contribution in [1.29, 1.82) is 0 Å². The highest BCUT2D eigenvalue weighted by Gasteiger charge is 2.21. The molecule has 1 N–H and O–H groups in total. The largest absolute Gasteiger partial charge is 0.492 e. The Morgan fingerprint density at radius 1 is 1.16 bits per heavy atom. The Morgan fingerprint density at radius 3 is 2.81 bits per heavy atom. The Balaban J connectivity index is 1.33. The normalized spacial score (nSPS) is 18.1. The van der Waals surface area contributed by atoms with Gasteiger partial charge in [0.25, 0.3) is 5.56 Å². The summed E-state index contributed by atoms with van der Waals surface area (Å²) in [5.74, 6) is 1.48. The fourth-order valence-corrected chi connectivity index (χ4v) is 4.59. The lowest BCUT2D eigenvalue weighted by atomic mass is 10.1. The number of H-pyrrole nitrogens is 1. The number of rotatable bonds is 7. The predicted octanol–water partition coefficient (Wildman–Crippen LogP) is 2.54. The number of nitrogens with zero attached hydrogens (tertiary/aromatic N) is 4. The van der Waals surface area contributed by atoms with Gasteiger partial charge in [-0.15, -0.1) is 0 Å². The molecule has 0 bridgehead atoms. The average molecular weight is 424 g/mol. The van der Waals surface area contributed by atoms with E-state index < -0.39 is 0 Å². The molecule has 0 spiro atoms. The van der Waals surface area contributed by atoms with Crippen LogP contribution < -0.4 is 10.3 Å². The molecule has 3 aromatic rings. The van der Waals surface area contributed by atoms with Gasteiger partial charge in [-0.3, -0.25) is 9.69 Å². The Bertz CT molecular complexity index is 1080. The Morgan fingerprint density at radius 2 is 1.97 bits per heavy atom. The molecular formula is C23H29N5O3. The van der Waals surface area contributed by atoms with Crippen molar-refractivity contribution in [3.8, 4) is 5.75 Å². The Kier molecular flexibility index (Phi) is 5.99. The molecular weight excluding hydrogens is 394 g/mol. The third-order valence-electron chi connectivity index (χ3n) is 6.30. The van der Waals surface area contributed by atoms with Gasteiger partial charge in [-0.1, -0.05) is 31.0 Å². The molecule has 31 heavy (non-hydrogen) atoms. The first-order valence-corrected chi connectivity index (χ1v) is 11.2. The number of morpholine rings is 1. The molecule has 1 saturated heterocycles. The van der Waals surface area contributed by atoms with E-state index in [1.807, 2.05) is 24.3 Å². The van der Waals surface area contributed by atoms with Crippen LogP contribution in [0.2, 0.25) is 0 Å². The van der Waals surface area contributed by atoms with E-state index in [2.05, 4.69) is 19.4 Å². The maximum atomic E-state index is 12.6. The molecule has 0 unspecified atom stereocenters. The number of para-hydroxylation sites is 1. The average Bonchev–Trinajstić information content (AvgIpc) is 3.46. The van der Waals surface area contributed by atoms with Crippen LogP contribution in [0.5, 0.6) is 5.75 Å². The van der Waals surface area contributed by atoms with Crippen molar-refractivity contribution in [2.75, 3.05) is 39.5 Å². The van der Waals surface area contributed by atoms with Crippen LogP contribution in [0.3, 0.4) is 0 Å². The van der Waals surface area contributed by atoms with Gasteiger partial charge >= 0.3 is 0 Å². The van der Waals surface area contributed by atoms with Crippen molar-refractivity contribution < 1.29 is 9.47 Å². The second kappa shape index (κ2) is 9.20. The Hall–Kier alpha value is -2.71. The van der Waals surface area contributed by atoms with Gasteiger partial charge in [-0.2, -0.15) is 0 Å². The van der Waals surface area contributed by atoms with Crippen LogP contribution in [0, 0.1) is 0 Å². The predicted molar refractivity (Wildman–Crippen MR) is 118 cm³/mol. The summed E-state index contributed by atoms with van der Waals surface area (Å²) in [7, 11) is 0. The van der Waals surface area contributed by atoms with Crippen LogP contribution in [0.25, 0.3) is 11.2 Å². The maximum absolute atomic E-state index is 12.6. The van der Waals surface area contributed by atoms with E-state index in [-0.39, 0.29) is 5.56 Å². The van der Waals surface area contributed by atoms with Gasteiger partial charge in [-0.05, 0) is 18.9 Å². The summed E-state index contributed by atoms with van der Waals surface area (Å²) in [6.07, 6.45) is 6.96. The van der Waals surface area contributed by atoms with Crippen molar-refractivity contribution in [2.24, 2.45) is 0 Å².